The molecule has 0 spiro atoms. The lowest BCUT2D eigenvalue weighted by molar-refractivity contribution is 0.0938. The minimum atomic E-state index is -3.99. The molecule has 25 heavy (non-hydrogen) atoms. The van der Waals surface area contributed by atoms with Crippen molar-refractivity contribution in [2.75, 3.05) is 0 Å². The average molecular weight is 364 g/mol. The van der Waals surface area contributed by atoms with Crippen molar-refractivity contribution in [1.29, 1.82) is 0 Å². The predicted octanol–water partition coefficient (Wildman–Crippen LogP) is 2.96. The minimum Gasteiger partial charge on any atom is -0.411 e. The highest BCUT2D eigenvalue weighted by molar-refractivity contribution is 7.84. The van der Waals surface area contributed by atoms with Crippen molar-refractivity contribution in [3.8, 4) is 5.75 Å². The van der Waals surface area contributed by atoms with E-state index in [1.54, 1.807) is 6.07 Å². The third-order valence-corrected chi connectivity index (χ3v) is 7.20. The summed E-state index contributed by atoms with van der Waals surface area (Å²) in [4.78, 5) is 0. The molecule has 1 aromatic rings. The molecule has 2 fully saturated rings. The van der Waals surface area contributed by atoms with Gasteiger partial charge in [0.15, 0.2) is 0 Å². The van der Waals surface area contributed by atoms with Crippen LogP contribution < -0.4 is 9.32 Å². The second-order valence-electron chi connectivity index (χ2n) is 7.89. The first kappa shape index (κ1) is 16.8. The predicted molar refractivity (Wildman–Crippen MR) is 94.0 cm³/mol. The molecule has 0 saturated heterocycles. The van der Waals surface area contributed by atoms with Gasteiger partial charge in [-0.2, -0.15) is 13.6 Å². The lowest BCUT2D eigenvalue weighted by atomic mass is 9.55. The number of aryl methyl sites for hydroxylation is 1. The van der Waals surface area contributed by atoms with Gasteiger partial charge in [0, 0.05) is 5.41 Å². The molecule has 0 aromatic heterocycles. The van der Waals surface area contributed by atoms with E-state index in [1.807, 2.05) is 12.1 Å². The third kappa shape index (κ3) is 2.73. The van der Waals surface area contributed by atoms with Gasteiger partial charge < -0.3 is 9.39 Å². The van der Waals surface area contributed by atoms with Gasteiger partial charge in [-0.1, -0.05) is 18.1 Å². The zero-order chi connectivity index (χ0) is 17.8. The van der Waals surface area contributed by atoms with Crippen molar-refractivity contribution < 1.29 is 17.8 Å². The normalized spacial score (nSPS) is 35.8. The maximum absolute atomic E-state index is 11.1. The summed E-state index contributed by atoms with van der Waals surface area (Å²) in [6.07, 6.45) is 6.09. The summed E-state index contributed by atoms with van der Waals surface area (Å²) in [5.41, 5.74) is 3.48. The van der Waals surface area contributed by atoms with E-state index in [0.29, 0.717) is 17.8 Å². The number of benzene rings is 1. The number of fused-ring (bicyclic) bond motifs is 5. The number of rotatable bonds is 2. The van der Waals surface area contributed by atoms with E-state index < -0.39 is 10.3 Å². The number of oxime groups is 1. The monoisotopic (exact) mass is 364 g/mol. The Hall–Kier alpha value is -1.60. The van der Waals surface area contributed by atoms with E-state index in [2.05, 4.69) is 12.1 Å². The Morgan fingerprint density at radius 3 is 2.80 bits per heavy atom. The van der Waals surface area contributed by atoms with Crippen molar-refractivity contribution in [1.82, 2.24) is 0 Å². The summed E-state index contributed by atoms with van der Waals surface area (Å²) < 4.78 is 27.1. The van der Waals surface area contributed by atoms with Crippen molar-refractivity contribution >= 4 is 16.0 Å². The topological polar surface area (TPSA) is 102 Å². The number of hydrogen-bond donors (Lipinski definition) is 2. The van der Waals surface area contributed by atoms with Crippen LogP contribution in [0.3, 0.4) is 0 Å². The minimum absolute atomic E-state index is 0.0318. The second-order valence-corrected chi connectivity index (χ2v) is 9.05. The molecule has 6 nitrogen and oxygen atoms in total. The SMILES string of the molecule is C[C@]12CCC3c4ccc(OS(N)(=O)=O)cc4CCC3C1CCC2=NO. The van der Waals surface area contributed by atoms with Gasteiger partial charge in [-0.05, 0) is 79.5 Å². The molecule has 4 atom stereocenters. The van der Waals surface area contributed by atoms with Gasteiger partial charge in [-0.3, -0.25) is 0 Å². The summed E-state index contributed by atoms with van der Waals surface area (Å²) in [6.45, 7) is 2.26. The molecular weight excluding hydrogens is 340 g/mol. The second kappa shape index (κ2) is 5.71. The molecule has 4 rings (SSSR count). The van der Waals surface area contributed by atoms with Crippen molar-refractivity contribution in [3.05, 3.63) is 29.3 Å². The molecule has 3 aliphatic rings. The summed E-state index contributed by atoms with van der Waals surface area (Å²) in [5.74, 6) is 1.93. The van der Waals surface area contributed by atoms with Crippen LogP contribution in [0, 0.1) is 17.3 Å². The lowest BCUT2D eigenvalue weighted by Gasteiger charge is -2.48. The van der Waals surface area contributed by atoms with Gasteiger partial charge in [0.05, 0.1) is 5.71 Å². The number of hydrogen-bond acceptors (Lipinski definition) is 5. The van der Waals surface area contributed by atoms with E-state index in [4.69, 9.17) is 9.32 Å². The molecule has 3 N–H and O–H groups in total. The zero-order valence-corrected chi connectivity index (χ0v) is 15.1. The van der Waals surface area contributed by atoms with E-state index in [9.17, 15) is 13.6 Å². The summed E-state index contributed by atoms with van der Waals surface area (Å²) >= 11 is 0. The zero-order valence-electron chi connectivity index (χ0n) is 14.3. The van der Waals surface area contributed by atoms with E-state index in [0.717, 1.165) is 44.2 Å². The summed E-state index contributed by atoms with van der Waals surface area (Å²) in [6, 6.07) is 5.53. The van der Waals surface area contributed by atoms with Crippen LogP contribution >= 0.6 is 0 Å². The fraction of sp³-hybridized carbons (Fsp3) is 0.611. The maximum Gasteiger partial charge on any atom is 0.380 e. The Morgan fingerprint density at radius 1 is 1.28 bits per heavy atom. The van der Waals surface area contributed by atoms with Gasteiger partial charge in [-0.25, -0.2) is 0 Å². The van der Waals surface area contributed by atoms with Crippen LogP contribution in [-0.4, -0.2) is 19.3 Å². The summed E-state index contributed by atoms with van der Waals surface area (Å²) in [7, 11) is -3.99. The van der Waals surface area contributed by atoms with Crippen LogP contribution in [0.2, 0.25) is 0 Å². The smallest absolute Gasteiger partial charge is 0.380 e. The van der Waals surface area contributed by atoms with Gasteiger partial charge in [-0.15, -0.1) is 0 Å². The fourth-order valence-corrected chi connectivity index (χ4v) is 6.07. The molecule has 136 valence electrons. The molecular formula is C18H24N2O4S. The van der Waals surface area contributed by atoms with Gasteiger partial charge in [0.2, 0.25) is 0 Å². The molecule has 0 radical (unpaired) electrons. The molecule has 2 saturated carbocycles. The van der Waals surface area contributed by atoms with Crippen molar-refractivity contribution in [2.24, 2.45) is 27.5 Å². The molecule has 0 aliphatic heterocycles. The van der Waals surface area contributed by atoms with Gasteiger partial charge in [0.25, 0.3) is 0 Å². The van der Waals surface area contributed by atoms with Crippen molar-refractivity contribution in [3.63, 3.8) is 0 Å². The first-order valence-electron chi connectivity index (χ1n) is 8.88. The van der Waals surface area contributed by atoms with E-state index >= 15 is 0 Å². The molecule has 0 heterocycles. The third-order valence-electron chi connectivity index (χ3n) is 6.77. The van der Waals surface area contributed by atoms with Gasteiger partial charge >= 0.3 is 10.3 Å². The standard InChI is InChI=1S/C18H24N2O4S/c1-18-9-8-14-13-5-3-12(24-25(19,22)23)10-11(13)2-4-15(14)16(18)6-7-17(18)20-21/h3,5,10,14-16,21H,2,4,6-9H2,1H3,(H2,19,22,23)/t14?,15?,16?,18-/m0/s1. The Bertz CT molecular complexity index is 835. The Balaban J connectivity index is 1.64. The molecule has 0 bridgehead atoms. The highest BCUT2D eigenvalue weighted by atomic mass is 32.2. The average Bonchev–Trinajstić information content (AvgIpc) is 2.89. The number of nitrogens with two attached hydrogens (primary N) is 1. The molecule has 0 amide bonds. The van der Waals surface area contributed by atoms with Crippen LogP contribution in [0.4, 0.5) is 0 Å². The molecule has 3 unspecified atom stereocenters. The van der Waals surface area contributed by atoms with Crippen LogP contribution in [0.25, 0.3) is 0 Å². The highest BCUT2D eigenvalue weighted by Crippen LogP contribution is 2.59. The molecule has 7 heteroatoms. The van der Waals surface area contributed by atoms with E-state index in [-0.39, 0.29) is 11.2 Å². The lowest BCUT2D eigenvalue weighted by Crippen LogP contribution is -2.42. The fourth-order valence-electron chi connectivity index (χ4n) is 5.70. The number of nitrogens with zero attached hydrogens (tertiary/aromatic N) is 1. The van der Waals surface area contributed by atoms with Crippen LogP contribution in [0.1, 0.15) is 56.1 Å². The highest BCUT2D eigenvalue weighted by Gasteiger charge is 2.53. The quantitative estimate of drug-likeness (QED) is 0.622. The summed E-state index contributed by atoms with van der Waals surface area (Å²) in [5, 5.41) is 17.9. The Kier molecular flexibility index (Phi) is 3.85. The van der Waals surface area contributed by atoms with E-state index in [1.165, 1.54) is 11.1 Å². The van der Waals surface area contributed by atoms with Crippen molar-refractivity contribution in [2.45, 2.75) is 51.4 Å². The molecule has 1 aromatic carbocycles. The first-order valence-corrected chi connectivity index (χ1v) is 10.4. The largest absolute Gasteiger partial charge is 0.411 e. The van der Waals surface area contributed by atoms with Gasteiger partial charge in [0.1, 0.15) is 5.75 Å². The van der Waals surface area contributed by atoms with Crippen LogP contribution in [-0.2, 0) is 16.7 Å². The Labute approximate surface area is 148 Å². The molecule has 3 aliphatic carbocycles. The van der Waals surface area contributed by atoms with Crippen LogP contribution in [0.5, 0.6) is 5.75 Å². The first-order chi connectivity index (χ1) is 11.8. The van der Waals surface area contributed by atoms with Crippen LogP contribution in [0.15, 0.2) is 23.4 Å². The Morgan fingerprint density at radius 2 is 2.08 bits per heavy atom. The maximum atomic E-state index is 11.1.